The first kappa shape index (κ1) is 13.5. The van der Waals surface area contributed by atoms with Gasteiger partial charge < -0.3 is 5.73 Å². The Kier molecular flexibility index (Phi) is 5.26. The summed E-state index contributed by atoms with van der Waals surface area (Å²) < 4.78 is 0. The van der Waals surface area contributed by atoms with E-state index in [-0.39, 0.29) is 12.4 Å². The molecule has 16 heavy (non-hydrogen) atoms. The average molecular weight is 241 g/mol. The molecule has 0 bridgehead atoms. The molecule has 2 rings (SSSR count). The molecule has 2 unspecified atom stereocenters. The maximum absolute atomic E-state index is 5.95. The lowest BCUT2D eigenvalue weighted by molar-refractivity contribution is 0.236. The van der Waals surface area contributed by atoms with Gasteiger partial charge in [0.1, 0.15) is 0 Å². The Morgan fingerprint density at radius 1 is 1.38 bits per heavy atom. The third kappa shape index (κ3) is 2.97. The third-order valence-corrected chi connectivity index (χ3v) is 3.27. The van der Waals surface area contributed by atoms with Gasteiger partial charge in [0, 0.05) is 25.2 Å². The topological polar surface area (TPSA) is 29.3 Å². The molecule has 0 amide bonds. The normalized spacial score (nSPS) is 22.8. The molecular weight excluding hydrogens is 220 g/mol. The molecule has 1 saturated heterocycles. The van der Waals surface area contributed by atoms with Crippen LogP contribution in [0.25, 0.3) is 0 Å². The fourth-order valence-electron chi connectivity index (χ4n) is 2.48. The van der Waals surface area contributed by atoms with E-state index in [1.54, 1.807) is 0 Å². The summed E-state index contributed by atoms with van der Waals surface area (Å²) >= 11 is 0. The van der Waals surface area contributed by atoms with Crippen LogP contribution < -0.4 is 5.73 Å². The summed E-state index contributed by atoms with van der Waals surface area (Å²) in [6.07, 6.45) is 2.31. The SMILES string of the molecule is CCC(c1ccccc1)N1CCC(N)C1.Cl. The van der Waals surface area contributed by atoms with Crippen LogP contribution >= 0.6 is 12.4 Å². The van der Waals surface area contributed by atoms with Gasteiger partial charge in [-0.3, -0.25) is 4.90 Å². The Morgan fingerprint density at radius 2 is 2.06 bits per heavy atom. The quantitative estimate of drug-likeness (QED) is 0.880. The Labute approximate surface area is 104 Å². The van der Waals surface area contributed by atoms with E-state index >= 15 is 0 Å². The van der Waals surface area contributed by atoms with Crippen LogP contribution in [0.2, 0.25) is 0 Å². The molecule has 0 saturated carbocycles. The molecule has 2 nitrogen and oxygen atoms in total. The van der Waals surface area contributed by atoms with Crippen LogP contribution in [0.15, 0.2) is 30.3 Å². The predicted molar refractivity (Wildman–Crippen MR) is 70.9 cm³/mol. The predicted octanol–water partition coefficient (Wildman–Crippen LogP) is 2.59. The van der Waals surface area contributed by atoms with Gasteiger partial charge in [-0.15, -0.1) is 12.4 Å². The van der Waals surface area contributed by atoms with Gasteiger partial charge in [-0.25, -0.2) is 0 Å². The number of likely N-dealkylation sites (tertiary alicyclic amines) is 1. The second kappa shape index (κ2) is 6.24. The maximum Gasteiger partial charge on any atom is 0.0346 e. The van der Waals surface area contributed by atoms with Crippen molar-refractivity contribution in [3.8, 4) is 0 Å². The number of nitrogens with two attached hydrogens (primary N) is 1. The van der Waals surface area contributed by atoms with E-state index in [9.17, 15) is 0 Å². The van der Waals surface area contributed by atoms with Gasteiger partial charge >= 0.3 is 0 Å². The Bertz CT molecular complexity index is 302. The van der Waals surface area contributed by atoms with Crippen LogP contribution in [0.4, 0.5) is 0 Å². The third-order valence-electron chi connectivity index (χ3n) is 3.27. The molecule has 1 aliphatic heterocycles. The summed E-state index contributed by atoms with van der Waals surface area (Å²) in [5.74, 6) is 0. The van der Waals surface area contributed by atoms with Gasteiger partial charge in [-0.2, -0.15) is 0 Å². The van der Waals surface area contributed by atoms with Gasteiger partial charge in [0.25, 0.3) is 0 Å². The number of hydrogen-bond donors (Lipinski definition) is 1. The van der Waals surface area contributed by atoms with Crippen LogP contribution in [-0.4, -0.2) is 24.0 Å². The highest BCUT2D eigenvalue weighted by molar-refractivity contribution is 5.85. The minimum atomic E-state index is 0. The lowest BCUT2D eigenvalue weighted by Gasteiger charge is -2.27. The molecule has 2 N–H and O–H groups in total. The molecule has 3 heteroatoms. The second-order valence-electron chi connectivity index (χ2n) is 4.38. The zero-order valence-electron chi connectivity index (χ0n) is 9.80. The standard InChI is InChI=1S/C13H20N2.ClH/c1-2-13(11-6-4-3-5-7-11)15-9-8-12(14)10-15;/h3-7,12-13H,2,8-10,14H2,1H3;1H. The summed E-state index contributed by atoms with van der Waals surface area (Å²) in [6, 6.07) is 11.7. The van der Waals surface area contributed by atoms with E-state index in [4.69, 9.17) is 5.73 Å². The van der Waals surface area contributed by atoms with Crippen molar-refractivity contribution in [1.29, 1.82) is 0 Å². The summed E-state index contributed by atoms with van der Waals surface area (Å²) in [5, 5.41) is 0. The lowest BCUT2D eigenvalue weighted by Crippen LogP contribution is -2.29. The van der Waals surface area contributed by atoms with Gasteiger partial charge in [0.05, 0.1) is 0 Å². The summed E-state index contributed by atoms with van der Waals surface area (Å²) in [6.45, 7) is 4.45. The van der Waals surface area contributed by atoms with Crippen molar-refractivity contribution in [1.82, 2.24) is 4.90 Å². The summed E-state index contributed by atoms with van der Waals surface area (Å²) in [7, 11) is 0. The van der Waals surface area contributed by atoms with E-state index in [0.717, 1.165) is 25.9 Å². The monoisotopic (exact) mass is 240 g/mol. The van der Waals surface area contributed by atoms with Crippen molar-refractivity contribution in [3.63, 3.8) is 0 Å². The minimum Gasteiger partial charge on any atom is -0.326 e. The van der Waals surface area contributed by atoms with Crippen molar-refractivity contribution in [2.75, 3.05) is 13.1 Å². The number of halogens is 1. The lowest BCUT2D eigenvalue weighted by atomic mass is 10.0. The molecule has 1 aliphatic rings. The van der Waals surface area contributed by atoms with Gasteiger partial charge in [0.15, 0.2) is 0 Å². The van der Waals surface area contributed by atoms with Gasteiger partial charge in [-0.05, 0) is 18.4 Å². The van der Waals surface area contributed by atoms with Crippen molar-refractivity contribution in [2.45, 2.75) is 31.8 Å². The smallest absolute Gasteiger partial charge is 0.0346 e. The fourth-order valence-corrected chi connectivity index (χ4v) is 2.48. The zero-order valence-corrected chi connectivity index (χ0v) is 10.6. The van der Waals surface area contributed by atoms with Crippen LogP contribution in [0.3, 0.4) is 0 Å². The highest BCUT2D eigenvalue weighted by Gasteiger charge is 2.25. The van der Waals surface area contributed by atoms with Crippen LogP contribution in [0.5, 0.6) is 0 Å². The molecule has 90 valence electrons. The van der Waals surface area contributed by atoms with Crippen LogP contribution in [0.1, 0.15) is 31.4 Å². The molecule has 1 aromatic rings. The van der Waals surface area contributed by atoms with Crippen LogP contribution in [-0.2, 0) is 0 Å². The maximum atomic E-state index is 5.95. The van der Waals surface area contributed by atoms with E-state index < -0.39 is 0 Å². The molecule has 0 radical (unpaired) electrons. The largest absolute Gasteiger partial charge is 0.326 e. The van der Waals surface area contributed by atoms with E-state index in [0.29, 0.717) is 12.1 Å². The van der Waals surface area contributed by atoms with E-state index in [1.807, 2.05) is 0 Å². The Balaban J connectivity index is 0.00000128. The first-order valence-electron chi connectivity index (χ1n) is 5.86. The van der Waals surface area contributed by atoms with Crippen LogP contribution in [0, 0.1) is 0 Å². The molecule has 0 aromatic heterocycles. The first-order chi connectivity index (χ1) is 7.31. The first-order valence-corrected chi connectivity index (χ1v) is 5.86. The number of rotatable bonds is 3. The molecule has 1 heterocycles. The van der Waals surface area contributed by atoms with E-state index in [2.05, 4.69) is 42.2 Å². The van der Waals surface area contributed by atoms with Gasteiger partial charge in [-0.1, -0.05) is 37.3 Å². The molecule has 2 atom stereocenters. The highest BCUT2D eigenvalue weighted by Crippen LogP contribution is 2.27. The van der Waals surface area contributed by atoms with E-state index in [1.165, 1.54) is 5.56 Å². The summed E-state index contributed by atoms with van der Waals surface area (Å²) in [5.41, 5.74) is 7.38. The number of hydrogen-bond acceptors (Lipinski definition) is 2. The Hall–Kier alpha value is -0.570. The molecule has 0 spiro atoms. The molecule has 0 aliphatic carbocycles. The van der Waals surface area contributed by atoms with Crippen molar-refractivity contribution >= 4 is 12.4 Å². The fraction of sp³-hybridized carbons (Fsp3) is 0.538. The highest BCUT2D eigenvalue weighted by atomic mass is 35.5. The second-order valence-corrected chi connectivity index (χ2v) is 4.38. The molecule has 1 fully saturated rings. The zero-order chi connectivity index (χ0) is 10.7. The summed E-state index contributed by atoms with van der Waals surface area (Å²) in [4.78, 5) is 2.51. The number of benzene rings is 1. The van der Waals surface area contributed by atoms with Crippen molar-refractivity contribution in [2.24, 2.45) is 5.73 Å². The van der Waals surface area contributed by atoms with Crippen molar-refractivity contribution < 1.29 is 0 Å². The van der Waals surface area contributed by atoms with Crippen molar-refractivity contribution in [3.05, 3.63) is 35.9 Å². The minimum absolute atomic E-state index is 0. The van der Waals surface area contributed by atoms with Gasteiger partial charge in [0.2, 0.25) is 0 Å². The Morgan fingerprint density at radius 3 is 2.56 bits per heavy atom. The molecular formula is C13H21ClN2. The number of nitrogens with zero attached hydrogens (tertiary/aromatic N) is 1. The molecule has 1 aromatic carbocycles. The average Bonchev–Trinajstić information content (AvgIpc) is 2.68.